The molecule has 3 rings (SSSR count). The van der Waals surface area contributed by atoms with Crippen LogP contribution in [-0.2, 0) is 16.1 Å². The zero-order valence-corrected chi connectivity index (χ0v) is 14.1. The van der Waals surface area contributed by atoms with Gasteiger partial charge in [-0.05, 0) is 18.6 Å². The van der Waals surface area contributed by atoms with Crippen molar-refractivity contribution in [1.82, 2.24) is 15.3 Å². The normalized spacial score (nSPS) is 17.6. The Kier molecular flexibility index (Phi) is 5.18. The Labute approximate surface area is 146 Å². The minimum Gasteiger partial charge on any atom is -0.338 e. The molecule has 0 radical (unpaired) electrons. The number of hydrazone groups is 1. The molecule has 2 amide bonds. The molecule has 0 saturated carbocycles. The fourth-order valence-corrected chi connectivity index (χ4v) is 2.78. The van der Waals surface area contributed by atoms with Crippen molar-refractivity contribution < 1.29 is 9.59 Å². The van der Waals surface area contributed by atoms with Crippen molar-refractivity contribution in [3.05, 3.63) is 66.0 Å². The van der Waals surface area contributed by atoms with Gasteiger partial charge in [-0.15, -0.1) is 0 Å². The first-order chi connectivity index (χ1) is 12.1. The number of pyridine rings is 1. The molecule has 1 atom stereocenters. The highest BCUT2D eigenvalue weighted by Gasteiger charge is 2.34. The van der Waals surface area contributed by atoms with Gasteiger partial charge in [-0.1, -0.05) is 36.4 Å². The lowest BCUT2D eigenvalue weighted by Crippen LogP contribution is -2.30. The van der Waals surface area contributed by atoms with E-state index in [2.05, 4.69) is 15.5 Å². The van der Waals surface area contributed by atoms with Gasteiger partial charge < -0.3 is 4.90 Å². The van der Waals surface area contributed by atoms with Crippen molar-refractivity contribution in [2.45, 2.75) is 19.9 Å². The van der Waals surface area contributed by atoms with Crippen LogP contribution in [0.5, 0.6) is 0 Å². The fraction of sp³-hybridized carbons (Fsp3) is 0.263. The van der Waals surface area contributed by atoms with Crippen LogP contribution < -0.4 is 5.43 Å². The molecule has 128 valence electrons. The van der Waals surface area contributed by atoms with E-state index in [-0.39, 0.29) is 24.2 Å². The Morgan fingerprint density at radius 1 is 1.28 bits per heavy atom. The topological polar surface area (TPSA) is 74.7 Å². The first-order valence-electron chi connectivity index (χ1n) is 8.19. The van der Waals surface area contributed by atoms with Crippen molar-refractivity contribution in [3.8, 4) is 0 Å². The first kappa shape index (κ1) is 16.8. The van der Waals surface area contributed by atoms with E-state index in [1.807, 2.05) is 42.5 Å². The van der Waals surface area contributed by atoms with E-state index >= 15 is 0 Å². The van der Waals surface area contributed by atoms with Crippen LogP contribution in [0.1, 0.15) is 24.5 Å². The number of nitrogens with one attached hydrogen (secondary N) is 1. The molecule has 6 nitrogen and oxygen atoms in total. The molecule has 1 aromatic carbocycles. The van der Waals surface area contributed by atoms with E-state index in [1.165, 1.54) is 0 Å². The van der Waals surface area contributed by atoms with Gasteiger partial charge in [-0.25, -0.2) is 5.43 Å². The summed E-state index contributed by atoms with van der Waals surface area (Å²) in [6, 6.07) is 13.5. The van der Waals surface area contributed by atoms with E-state index in [1.54, 1.807) is 24.2 Å². The molecule has 2 aromatic rings. The Morgan fingerprint density at radius 2 is 2.08 bits per heavy atom. The standard InChI is InChI=1S/C19H20N4O2/c1-14(16-8-5-9-20-11-16)21-22-19(25)17-10-18(24)23(13-17)12-15-6-3-2-4-7-15/h2-9,11,17H,10,12-13H2,1H3,(H,22,25)/b21-14+. The summed E-state index contributed by atoms with van der Waals surface area (Å²) in [6.07, 6.45) is 3.59. The zero-order valence-electron chi connectivity index (χ0n) is 14.1. The van der Waals surface area contributed by atoms with Gasteiger partial charge in [-0.3, -0.25) is 14.6 Å². The monoisotopic (exact) mass is 336 g/mol. The third kappa shape index (κ3) is 4.29. The third-order valence-electron chi connectivity index (χ3n) is 4.21. The maximum atomic E-state index is 12.3. The number of amides is 2. The first-order valence-corrected chi connectivity index (χ1v) is 8.19. The van der Waals surface area contributed by atoms with Crippen molar-refractivity contribution in [1.29, 1.82) is 0 Å². The molecule has 1 aliphatic rings. The molecule has 1 aromatic heterocycles. The highest BCUT2D eigenvalue weighted by Crippen LogP contribution is 2.20. The van der Waals surface area contributed by atoms with Crippen LogP contribution in [0.4, 0.5) is 0 Å². The summed E-state index contributed by atoms with van der Waals surface area (Å²) in [5, 5.41) is 4.12. The molecule has 25 heavy (non-hydrogen) atoms. The Hall–Kier alpha value is -3.02. The average Bonchev–Trinajstić information content (AvgIpc) is 3.01. The molecule has 1 unspecified atom stereocenters. The molecule has 0 bridgehead atoms. The molecule has 1 fully saturated rings. The van der Waals surface area contributed by atoms with Gasteiger partial charge in [0.1, 0.15) is 0 Å². The number of hydrogen-bond acceptors (Lipinski definition) is 4. The molecule has 0 aliphatic carbocycles. The van der Waals surface area contributed by atoms with E-state index in [4.69, 9.17) is 0 Å². The molecular formula is C19H20N4O2. The van der Waals surface area contributed by atoms with E-state index in [0.717, 1.165) is 11.1 Å². The molecule has 1 saturated heterocycles. The number of hydrogen-bond donors (Lipinski definition) is 1. The summed E-state index contributed by atoms with van der Waals surface area (Å²) in [7, 11) is 0. The molecular weight excluding hydrogens is 316 g/mol. The second kappa shape index (κ2) is 7.70. The summed E-state index contributed by atoms with van der Waals surface area (Å²) in [6.45, 7) is 2.75. The SMILES string of the molecule is C/C(=N\NC(=O)C1CC(=O)N(Cc2ccccc2)C1)c1cccnc1. The number of rotatable bonds is 5. The highest BCUT2D eigenvalue weighted by molar-refractivity contribution is 5.99. The van der Waals surface area contributed by atoms with Crippen LogP contribution >= 0.6 is 0 Å². The number of benzene rings is 1. The minimum atomic E-state index is -0.373. The third-order valence-corrected chi connectivity index (χ3v) is 4.21. The minimum absolute atomic E-state index is 0.00281. The Morgan fingerprint density at radius 3 is 2.80 bits per heavy atom. The van der Waals surface area contributed by atoms with Gasteiger partial charge in [0, 0.05) is 37.5 Å². The lowest BCUT2D eigenvalue weighted by Gasteiger charge is -2.16. The van der Waals surface area contributed by atoms with Gasteiger partial charge in [0.25, 0.3) is 0 Å². The maximum Gasteiger partial charge on any atom is 0.245 e. The quantitative estimate of drug-likeness (QED) is 0.670. The molecule has 0 spiro atoms. The van der Waals surface area contributed by atoms with Crippen molar-refractivity contribution >= 4 is 17.5 Å². The maximum absolute atomic E-state index is 12.3. The van der Waals surface area contributed by atoms with Crippen LogP contribution in [0, 0.1) is 5.92 Å². The summed E-state index contributed by atoms with van der Waals surface area (Å²) in [5.74, 6) is -0.606. The number of nitrogens with zero attached hydrogens (tertiary/aromatic N) is 3. The Bertz CT molecular complexity index is 775. The predicted molar refractivity (Wildman–Crippen MR) is 94.6 cm³/mol. The van der Waals surface area contributed by atoms with Crippen LogP contribution in [-0.4, -0.2) is 34.0 Å². The lowest BCUT2D eigenvalue weighted by molar-refractivity contribution is -0.129. The lowest BCUT2D eigenvalue weighted by atomic mass is 10.1. The van der Waals surface area contributed by atoms with Gasteiger partial charge in [0.05, 0.1) is 11.6 Å². The summed E-state index contributed by atoms with van der Waals surface area (Å²) in [4.78, 5) is 30.2. The van der Waals surface area contributed by atoms with Gasteiger partial charge >= 0.3 is 0 Å². The van der Waals surface area contributed by atoms with Crippen molar-refractivity contribution in [2.75, 3.05) is 6.54 Å². The summed E-state index contributed by atoms with van der Waals surface area (Å²) in [5.41, 5.74) is 5.14. The molecule has 1 aliphatic heterocycles. The fourth-order valence-electron chi connectivity index (χ4n) is 2.78. The number of carbonyl (C=O) groups excluding carboxylic acids is 2. The van der Waals surface area contributed by atoms with E-state index < -0.39 is 0 Å². The van der Waals surface area contributed by atoms with Crippen LogP contribution in [0.15, 0.2) is 60.0 Å². The largest absolute Gasteiger partial charge is 0.338 e. The second-order valence-corrected chi connectivity index (χ2v) is 6.08. The van der Waals surface area contributed by atoms with E-state index in [9.17, 15) is 9.59 Å². The van der Waals surface area contributed by atoms with Crippen molar-refractivity contribution in [2.24, 2.45) is 11.0 Å². The van der Waals surface area contributed by atoms with Gasteiger partial charge in [0.2, 0.25) is 11.8 Å². The number of carbonyl (C=O) groups is 2. The molecule has 2 heterocycles. The predicted octanol–water partition coefficient (Wildman–Crippen LogP) is 1.97. The average molecular weight is 336 g/mol. The summed E-state index contributed by atoms with van der Waals surface area (Å²) >= 11 is 0. The zero-order chi connectivity index (χ0) is 17.6. The molecule has 6 heteroatoms. The van der Waals surface area contributed by atoms with Crippen LogP contribution in [0.3, 0.4) is 0 Å². The Balaban J connectivity index is 1.57. The summed E-state index contributed by atoms with van der Waals surface area (Å²) < 4.78 is 0. The number of aromatic nitrogens is 1. The van der Waals surface area contributed by atoms with Crippen LogP contribution in [0.2, 0.25) is 0 Å². The van der Waals surface area contributed by atoms with Gasteiger partial charge in [-0.2, -0.15) is 5.10 Å². The second-order valence-electron chi connectivity index (χ2n) is 6.08. The smallest absolute Gasteiger partial charge is 0.245 e. The van der Waals surface area contributed by atoms with E-state index in [0.29, 0.717) is 18.8 Å². The van der Waals surface area contributed by atoms with Crippen molar-refractivity contribution in [3.63, 3.8) is 0 Å². The molecule has 1 N–H and O–H groups in total. The number of likely N-dealkylation sites (tertiary alicyclic amines) is 1. The van der Waals surface area contributed by atoms with Gasteiger partial charge in [0.15, 0.2) is 0 Å². The van der Waals surface area contributed by atoms with Crippen LogP contribution in [0.25, 0.3) is 0 Å². The highest BCUT2D eigenvalue weighted by atomic mass is 16.2.